The van der Waals surface area contributed by atoms with Crippen molar-refractivity contribution in [3.63, 3.8) is 0 Å². The lowest BCUT2D eigenvalue weighted by molar-refractivity contribution is 0.177. The molecule has 8 heteroatoms. The first kappa shape index (κ1) is 16.1. The minimum atomic E-state index is -3.83. The molecule has 1 aromatic carbocycles. The van der Waals surface area contributed by atoms with Crippen molar-refractivity contribution in [2.75, 3.05) is 6.54 Å². The molecule has 23 heavy (non-hydrogen) atoms. The van der Waals surface area contributed by atoms with E-state index in [0.29, 0.717) is 0 Å². The predicted octanol–water partition coefficient (Wildman–Crippen LogP) is 1.37. The maximum absolute atomic E-state index is 13.6. The molecule has 3 rings (SSSR count). The van der Waals surface area contributed by atoms with Gasteiger partial charge in [-0.1, -0.05) is 18.2 Å². The van der Waals surface area contributed by atoms with Crippen LogP contribution in [0.4, 0.5) is 4.39 Å². The highest BCUT2D eigenvalue weighted by atomic mass is 32.2. The molecule has 0 bridgehead atoms. The van der Waals surface area contributed by atoms with Crippen molar-refractivity contribution in [1.82, 2.24) is 14.3 Å². The molecule has 2 N–H and O–H groups in total. The van der Waals surface area contributed by atoms with Gasteiger partial charge in [0.15, 0.2) is 5.03 Å². The molecule has 6 nitrogen and oxygen atoms in total. The number of hydrogen-bond acceptors (Lipinski definition) is 4. The number of hydrogen-bond donors (Lipinski definition) is 2. The van der Waals surface area contributed by atoms with Crippen LogP contribution in [-0.4, -0.2) is 29.6 Å². The molecule has 1 aliphatic heterocycles. The van der Waals surface area contributed by atoms with Crippen molar-refractivity contribution in [3.8, 4) is 0 Å². The van der Waals surface area contributed by atoms with Gasteiger partial charge in [-0.25, -0.2) is 22.5 Å². The summed E-state index contributed by atoms with van der Waals surface area (Å²) in [6.07, 6.45) is 3.00. The first-order valence-corrected chi connectivity index (χ1v) is 8.94. The van der Waals surface area contributed by atoms with Crippen LogP contribution in [0.2, 0.25) is 0 Å². The molecule has 0 aliphatic carbocycles. The van der Waals surface area contributed by atoms with Gasteiger partial charge >= 0.3 is 0 Å². The fourth-order valence-corrected chi connectivity index (χ4v) is 3.65. The van der Waals surface area contributed by atoms with Crippen LogP contribution >= 0.6 is 0 Å². The van der Waals surface area contributed by atoms with Crippen LogP contribution in [0.15, 0.2) is 35.5 Å². The number of rotatable bonds is 5. The Labute approximate surface area is 134 Å². The van der Waals surface area contributed by atoms with Crippen molar-refractivity contribution in [3.05, 3.63) is 47.7 Å². The molecule has 0 saturated heterocycles. The number of aryl methyl sites for hydroxylation is 2. The van der Waals surface area contributed by atoms with Crippen molar-refractivity contribution >= 4 is 10.0 Å². The summed E-state index contributed by atoms with van der Waals surface area (Å²) < 4.78 is 42.3. The van der Waals surface area contributed by atoms with E-state index in [9.17, 15) is 17.9 Å². The second-order valence-corrected chi connectivity index (χ2v) is 7.25. The topological polar surface area (TPSA) is 84.2 Å². The largest absolute Gasteiger partial charge is 0.387 e. The average molecular weight is 339 g/mol. The summed E-state index contributed by atoms with van der Waals surface area (Å²) in [5, 5.41) is 9.92. The van der Waals surface area contributed by atoms with E-state index in [-0.39, 0.29) is 17.1 Å². The molecule has 1 unspecified atom stereocenters. The first-order valence-electron chi connectivity index (χ1n) is 7.45. The Balaban J connectivity index is 1.71. The van der Waals surface area contributed by atoms with Gasteiger partial charge in [0.25, 0.3) is 10.0 Å². The van der Waals surface area contributed by atoms with E-state index in [0.717, 1.165) is 31.6 Å². The lowest BCUT2D eigenvalue weighted by Gasteiger charge is -2.12. The summed E-state index contributed by atoms with van der Waals surface area (Å²) in [7, 11) is -3.83. The van der Waals surface area contributed by atoms with Crippen LogP contribution in [0.25, 0.3) is 0 Å². The Morgan fingerprint density at radius 1 is 1.35 bits per heavy atom. The highest BCUT2D eigenvalue weighted by Gasteiger charge is 2.23. The number of aromatic nitrogens is 2. The molecule has 2 heterocycles. The summed E-state index contributed by atoms with van der Waals surface area (Å²) >= 11 is 0. The molecule has 0 fully saturated rings. The quantitative estimate of drug-likeness (QED) is 0.862. The Morgan fingerprint density at radius 3 is 2.87 bits per heavy atom. The Kier molecular flexibility index (Phi) is 4.47. The molecule has 2 aromatic rings. The predicted molar refractivity (Wildman–Crippen MR) is 81.7 cm³/mol. The summed E-state index contributed by atoms with van der Waals surface area (Å²) in [5.74, 6) is 0.183. The fraction of sp³-hybridized carbons (Fsp3) is 0.400. The maximum Gasteiger partial charge on any atom is 0.259 e. The zero-order valence-electron chi connectivity index (χ0n) is 12.4. The lowest BCUT2D eigenvalue weighted by Crippen LogP contribution is -2.29. The fourth-order valence-electron chi connectivity index (χ4n) is 2.63. The molecular weight excluding hydrogens is 321 g/mol. The van der Waals surface area contributed by atoms with E-state index >= 15 is 0 Å². The van der Waals surface area contributed by atoms with Crippen LogP contribution in [0.1, 0.15) is 30.3 Å². The van der Waals surface area contributed by atoms with Gasteiger partial charge in [0, 0.05) is 31.3 Å². The molecule has 1 atom stereocenters. The lowest BCUT2D eigenvalue weighted by atomic mass is 10.1. The molecule has 0 radical (unpaired) electrons. The standard InChI is InChI=1S/C15H18FN3O3S/c16-12-6-2-1-5-11(12)13(20)9-17-23(21,22)15-10-19-8-4-3-7-14(19)18-15/h1-2,5-6,10,13,17,20H,3-4,7-9H2. The van der Waals surface area contributed by atoms with Crippen LogP contribution < -0.4 is 4.72 Å². The second kappa shape index (κ2) is 6.38. The van der Waals surface area contributed by atoms with E-state index in [1.165, 1.54) is 24.4 Å². The summed E-state index contributed by atoms with van der Waals surface area (Å²) in [5.41, 5.74) is 0.0549. The van der Waals surface area contributed by atoms with E-state index in [2.05, 4.69) is 9.71 Å². The number of fused-ring (bicyclic) bond motifs is 1. The highest BCUT2D eigenvalue weighted by Crippen LogP contribution is 2.19. The zero-order valence-corrected chi connectivity index (χ0v) is 13.3. The average Bonchev–Trinajstić information content (AvgIpc) is 2.98. The third-order valence-electron chi connectivity index (χ3n) is 3.89. The van der Waals surface area contributed by atoms with Gasteiger partial charge in [0.1, 0.15) is 11.6 Å². The third kappa shape index (κ3) is 3.44. The van der Waals surface area contributed by atoms with Crippen LogP contribution in [0.5, 0.6) is 0 Å². The van der Waals surface area contributed by atoms with Crippen LogP contribution in [0, 0.1) is 5.82 Å². The van der Waals surface area contributed by atoms with E-state index < -0.39 is 21.9 Å². The van der Waals surface area contributed by atoms with Crippen LogP contribution in [0.3, 0.4) is 0 Å². The van der Waals surface area contributed by atoms with Gasteiger partial charge in [-0.3, -0.25) is 0 Å². The minimum absolute atomic E-state index is 0.0549. The Morgan fingerprint density at radius 2 is 2.13 bits per heavy atom. The number of nitrogens with zero attached hydrogens (tertiary/aromatic N) is 2. The Bertz CT molecular complexity index is 781. The maximum atomic E-state index is 13.6. The SMILES string of the molecule is O=S(=O)(NCC(O)c1ccccc1F)c1cn2c(n1)CCCC2. The number of imidazole rings is 1. The number of halogens is 1. The molecule has 124 valence electrons. The zero-order chi connectivity index (χ0) is 16.4. The number of nitrogens with one attached hydrogen (secondary N) is 1. The minimum Gasteiger partial charge on any atom is -0.387 e. The summed E-state index contributed by atoms with van der Waals surface area (Å²) in [6, 6.07) is 5.73. The van der Waals surface area contributed by atoms with Crippen molar-refractivity contribution in [1.29, 1.82) is 0 Å². The number of aliphatic hydroxyl groups is 1. The van der Waals surface area contributed by atoms with Gasteiger partial charge in [0.2, 0.25) is 0 Å². The van der Waals surface area contributed by atoms with Crippen molar-refractivity contribution in [2.24, 2.45) is 0 Å². The smallest absolute Gasteiger partial charge is 0.259 e. The summed E-state index contributed by atoms with van der Waals surface area (Å²) in [4.78, 5) is 4.15. The summed E-state index contributed by atoms with van der Waals surface area (Å²) in [6.45, 7) is 0.446. The highest BCUT2D eigenvalue weighted by molar-refractivity contribution is 7.89. The number of sulfonamides is 1. The third-order valence-corrected chi connectivity index (χ3v) is 5.19. The molecule has 1 aromatic heterocycles. The van der Waals surface area contributed by atoms with Crippen molar-refractivity contribution in [2.45, 2.75) is 36.9 Å². The first-order chi connectivity index (χ1) is 11.0. The van der Waals surface area contributed by atoms with Gasteiger partial charge in [-0.15, -0.1) is 0 Å². The van der Waals surface area contributed by atoms with Gasteiger partial charge in [-0.05, 0) is 18.9 Å². The molecule has 0 amide bonds. The molecule has 1 aliphatic rings. The monoisotopic (exact) mass is 339 g/mol. The van der Waals surface area contributed by atoms with E-state index in [4.69, 9.17) is 0 Å². The molecular formula is C15H18FN3O3S. The van der Waals surface area contributed by atoms with Crippen molar-refractivity contribution < 1.29 is 17.9 Å². The van der Waals surface area contributed by atoms with Gasteiger partial charge in [0.05, 0.1) is 6.10 Å². The number of aliphatic hydroxyl groups excluding tert-OH is 1. The number of benzene rings is 1. The normalized spacial score (nSPS) is 16.1. The van der Waals surface area contributed by atoms with E-state index in [1.54, 1.807) is 6.07 Å². The van der Waals surface area contributed by atoms with Gasteiger partial charge < -0.3 is 9.67 Å². The van der Waals surface area contributed by atoms with Crippen LogP contribution in [-0.2, 0) is 23.0 Å². The second-order valence-electron chi connectivity index (χ2n) is 5.54. The molecule has 0 spiro atoms. The van der Waals surface area contributed by atoms with Gasteiger partial charge in [-0.2, -0.15) is 0 Å². The molecule has 0 saturated carbocycles. The van der Waals surface area contributed by atoms with E-state index in [1.807, 2.05) is 4.57 Å². The Hall–Kier alpha value is -1.77.